The lowest BCUT2D eigenvalue weighted by Crippen LogP contribution is -2.41. The minimum atomic E-state index is -0.169. The number of ether oxygens (including phenoxy) is 2. The maximum absolute atomic E-state index is 12.7. The molecule has 5 nitrogen and oxygen atoms in total. The number of carbonyl (C=O) groups is 1. The first-order valence-corrected chi connectivity index (χ1v) is 8.04. The van der Waals surface area contributed by atoms with Crippen LogP contribution >= 0.6 is 0 Å². The summed E-state index contributed by atoms with van der Waals surface area (Å²) >= 11 is 0. The lowest BCUT2D eigenvalue weighted by atomic mass is 9.99. The number of nitrogens with two attached hydrogens (primary N) is 1. The Hall–Kier alpha value is -1.75. The summed E-state index contributed by atoms with van der Waals surface area (Å²) in [5, 5.41) is 0. The Balaban J connectivity index is 1.89. The number of nitrogens with zero attached hydrogens (tertiary/aromatic N) is 1. The second-order valence-corrected chi connectivity index (χ2v) is 6.21. The number of fused-ring (bicyclic) bond motifs is 1. The summed E-state index contributed by atoms with van der Waals surface area (Å²) in [6.07, 6.45) is 1.96. The largest absolute Gasteiger partial charge is 0.486 e. The van der Waals surface area contributed by atoms with Crippen LogP contribution in [0.25, 0.3) is 0 Å². The van der Waals surface area contributed by atoms with Crippen molar-refractivity contribution < 1.29 is 14.3 Å². The van der Waals surface area contributed by atoms with Crippen molar-refractivity contribution in [1.29, 1.82) is 0 Å². The van der Waals surface area contributed by atoms with Crippen LogP contribution in [-0.2, 0) is 4.79 Å². The zero-order valence-electron chi connectivity index (χ0n) is 13.2. The SMILES string of the molecule is CC(N)C(C)C(=O)N1CCCC1c1cccc2c1OCCO2. The molecule has 5 heteroatoms. The van der Waals surface area contributed by atoms with Gasteiger partial charge >= 0.3 is 0 Å². The number of carbonyl (C=O) groups excluding carboxylic acids is 1. The number of hydrogen-bond acceptors (Lipinski definition) is 4. The van der Waals surface area contributed by atoms with Gasteiger partial charge in [-0.3, -0.25) is 4.79 Å². The Morgan fingerprint density at radius 2 is 2.09 bits per heavy atom. The van der Waals surface area contributed by atoms with Crippen molar-refractivity contribution in [3.8, 4) is 11.5 Å². The maximum atomic E-state index is 12.7. The molecule has 22 heavy (non-hydrogen) atoms. The molecule has 120 valence electrons. The van der Waals surface area contributed by atoms with E-state index >= 15 is 0 Å². The predicted molar refractivity (Wildman–Crippen MR) is 83.9 cm³/mol. The van der Waals surface area contributed by atoms with Gasteiger partial charge in [-0.15, -0.1) is 0 Å². The van der Waals surface area contributed by atoms with Gasteiger partial charge in [-0.25, -0.2) is 0 Å². The third-order valence-corrected chi connectivity index (χ3v) is 4.67. The van der Waals surface area contributed by atoms with Crippen LogP contribution in [0.4, 0.5) is 0 Å². The van der Waals surface area contributed by atoms with Crippen molar-refractivity contribution >= 4 is 5.91 Å². The molecular formula is C17H24N2O3. The molecule has 0 spiro atoms. The Morgan fingerprint density at radius 1 is 1.32 bits per heavy atom. The summed E-state index contributed by atoms with van der Waals surface area (Å²) in [5.74, 6) is 1.54. The third-order valence-electron chi connectivity index (χ3n) is 4.67. The molecule has 3 rings (SSSR count). The monoisotopic (exact) mass is 304 g/mol. The number of amides is 1. The van der Waals surface area contributed by atoms with Crippen molar-refractivity contribution in [2.75, 3.05) is 19.8 Å². The Kier molecular flexibility index (Phi) is 4.25. The standard InChI is InChI=1S/C17H24N2O3/c1-11(12(2)18)17(20)19-8-4-6-14(19)13-5-3-7-15-16(13)22-10-9-21-15/h3,5,7,11-12,14H,4,6,8-10,18H2,1-2H3. The average Bonchev–Trinajstić information content (AvgIpc) is 3.02. The van der Waals surface area contributed by atoms with E-state index in [4.69, 9.17) is 15.2 Å². The third kappa shape index (κ3) is 2.65. The van der Waals surface area contributed by atoms with Gasteiger partial charge in [0.2, 0.25) is 5.91 Å². The molecular weight excluding hydrogens is 280 g/mol. The number of likely N-dealkylation sites (tertiary alicyclic amines) is 1. The molecule has 1 aromatic rings. The fourth-order valence-electron chi connectivity index (χ4n) is 3.20. The molecule has 1 amide bonds. The molecule has 0 bridgehead atoms. The summed E-state index contributed by atoms with van der Waals surface area (Å²) in [7, 11) is 0. The highest BCUT2D eigenvalue weighted by molar-refractivity contribution is 5.80. The highest BCUT2D eigenvalue weighted by atomic mass is 16.6. The van der Waals surface area contributed by atoms with Gasteiger partial charge in [0.05, 0.1) is 12.0 Å². The number of rotatable bonds is 3. The van der Waals surface area contributed by atoms with E-state index in [1.807, 2.05) is 36.9 Å². The van der Waals surface area contributed by atoms with Crippen LogP contribution in [-0.4, -0.2) is 36.6 Å². The second-order valence-electron chi connectivity index (χ2n) is 6.21. The predicted octanol–water partition coefficient (Wildman–Crippen LogP) is 2.10. The van der Waals surface area contributed by atoms with Crippen LogP contribution in [0.1, 0.15) is 38.3 Å². The van der Waals surface area contributed by atoms with Gasteiger partial charge in [-0.1, -0.05) is 19.1 Å². The first kappa shape index (κ1) is 15.2. The topological polar surface area (TPSA) is 64.8 Å². The molecule has 0 saturated carbocycles. The van der Waals surface area contributed by atoms with E-state index in [0.29, 0.717) is 13.2 Å². The van der Waals surface area contributed by atoms with Crippen molar-refractivity contribution in [1.82, 2.24) is 4.90 Å². The minimum absolute atomic E-state index is 0.0605. The van der Waals surface area contributed by atoms with E-state index < -0.39 is 0 Å². The van der Waals surface area contributed by atoms with Crippen LogP contribution in [0.2, 0.25) is 0 Å². The minimum Gasteiger partial charge on any atom is -0.486 e. The summed E-state index contributed by atoms with van der Waals surface area (Å²) in [6, 6.07) is 5.85. The highest BCUT2D eigenvalue weighted by Gasteiger charge is 2.35. The van der Waals surface area contributed by atoms with Gasteiger partial charge in [0.25, 0.3) is 0 Å². The molecule has 1 aromatic carbocycles. The zero-order chi connectivity index (χ0) is 15.7. The van der Waals surface area contributed by atoms with Crippen LogP contribution < -0.4 is 15.2 Å². The summed E-state index contributed by atoms with van der Waals surface area (Å²) in [6.45, 7) is 5.70. The smallest absolute Gasteiger partial charge is 0.227 e. The number of hydrogen-bond donors (Lipinski definition) is 1. The fourth-order valence-corrected chi connectivity index (χ4v) is 3.20. The number of para-hydroxylation sites is 1. The van der Waals surface area contributed by atoms with Crippen molar-refractivity contribution in [3.63, 3.8) is 0 Å². The lowest BCUT2D eigenvalue weighted by molar-refractivity contribution is -0.136. The van der Waals surface area contributed by atoms with Crippen molar-refractivity contribution in [2.24, 2.45) is 11.7 Å². The Labute approximate surface area is 131 Å². The molecule has 2 heterocycles. The molecule has 2 aliphatic rings. The van der Waals surface area contributed by atoms with E-state index in [1.165, 1.54) is 0 Å². The molecule has 2 N–H and O–H groups in total. The van der Waals surface area contributed by atoms with Gasteiger partial charge in [-0.05, 0) is 25.8 Å². The highest BCUT2D eigenvalue weighted by Crippen LogP contribution is 2.43. The first-order chi connectivity index (χ1) is 10.6. The fraction of sp³-hybridized carbons (Fsp3) is 0.588. The number of benzene rings is 1. The van der Waals surface area contributed by atoms with Gasteiger partial charge in [0.15, 0.2) is 11.5 Å². The summed E-state index contributed by atoms with van der Waals surface area (Å²) in [5.41, 5.74) is 6.96. The van der Waals surface area contributed by atoms with Crippen LogP contribution in [0.15, 0.2) is 18.2 Å². The molecule has 3 atom stereocenters. The summed E-state index contributed by atoms with van der Waals surface area (Å²) < 4.78 is 11.5. The molecule has 1 fully saturated rings. The molecule has 0 aliphatic carbocycles. The molecule has 2 aliphatic heterocycles. The Bertz CT molecular complexity index is 559. The van der Waals surface area contributed by atoms with Crippen LogP contribution in [0.5, 0.6) is 11.5 Å². The summed E-state index contributed by atoms with van der Waals surface area (Å²) in [4.78, 5) is 14.7. The Morgan fingerprint density at radius 3 is 2.86 bits per heavy atom. The second kappa shape index (κ2) is 6.16. The van der Waals surface area contributed by atoms with Gasteiger partial charge in [0, 0.05) is 18.2 Å². The van der Waals surface area contributed by atoms with E-state index in [0.717, 1.165) is 36.4 Å². The van der Waals surface area contributed by atoms with E-state index in [2.05, 4.69) is 0 Å². The van der Waals surface area contributed by atoms with E-state index in [1.54, 1.807) is 0 Å². The molecule has 0 radical (unpaired) electrons. The average molecular weight is 304 g/mol. The maximum Gasteiger partial charge on any atom is 0.227 e. The van der Waals surface area contributed by atoms with Gasteiger partial charge in [0.1, 0.15) is 13.2 Å². The van der Waals surface area contributed by atoms with Gasteiger partial charge < -0.3 is 20.1 Å². The van der Waals surface area contributed by atoms with E-state index in [9.17, 15) is 4.79 Å². The van der Waals surface area contributed by atoms with Crippen molar-refractivity contribution in [2.45, 2.75) is 38.8 Å². The van der Waals surface area contributed by atoms with E-state index in [-0.39, 0.29) is 23.9 Å². The first-order valence-electron chi connectivity index (χ1n) is 8.04. The molecule has 1 saturated heterocycles. The van der Waals surface area contributed by atoms with Crippen LogP contribution in [0.3, 0.4) is 0 Å². The molecule has 3 unspecified atom stereocenters. The quantitative estimate of drug-likeness (QED) is 0.929. The van der Waals surface area contributed by atoms with Crippen molar-refractivity contribution in [3.05, 3.63) is 23.8 Å². The normalized spacial score (nSPS) is 23.2. The zero-order valence-corrected chi connectivity index (χ0v) is 13.2. The molecule has 0 aromatic heterocycles. The van der Waals surface area contributed by atoms with Crippen LogP contribution in [0, 0.1) is 5.92 Å². The lowest BCUT2D eigenvalue weighted by Gasteiger charge is -2.31. The van der Waals surface area contributed by atoms with Gasteiger partial charge in [-0.2, -0.15) is 0 Å².